The van der Waals surface area contributed by atoms with Crippen LogP contribution in [0.2, 0.25) is 0 Å². The summed E-state index contributed by atoms with van der Waals surface area (Å²) < 4.78 is 2.19. The fourth-order valence-corrected chi connectivity index (χ4v) is 2.35. The largest absolute Gasteiger partial charge is 0.375 e. The first kappa shape index (κ1) is 15.4. The number of aromatic nitrogens is 2. The molecule has 2 rings (SSSR count). The molecule has 0 radical (unpaired) electrons. The highest BCUT2D eigenvalue weighted by atomic mass is 15.2. The molecule has 0 saturated carbocycles. The van der Waals surface area contributed by atoms with Crippen LogP contribution in [-0.2, 0) is 6.54 Å². The number of anilines is 2. The molecular formula is C17H26N4. The zero-order chi connectivity index (χ0) is 15.1. The first-order chi connectivity index (χ1) is 10.2. The number of hydrogen-bond acceptors (Lipinski definition) is 3. The van der Waals surface area contributed by atoms with Gasteiger partial charge in [-0.3, -0.25) is 0 Å². The molecule has 4 nitrogen and oxygen atoms in total. The average molecular weight is 286 g/mol. The van der Waals surface area contributed by atoms with Gasteiger partial charge in [0, 0.05) is 44.8 Å². The molecule has 0 spiro atoms. The van der Waals surface area contributed by atoms with Crippen molar-refractivity contribution in [3.63, 3.8) is 0 Å². The maximum absolute atomic E-state index is 4.38. The van der Waals surface area contributed by atoms with E-state index in [0.29, 0.717) is 5.92 Å². The van der Waals surface area contributed by atoms with Gasteiger partial charge in [0.25, 0.3) is 0 Å². The highest BCUT2D eigenvalue weighted by Gasteiger charge is 2.04. The van der Waals surface area contributed by atoms with Gasteiger partial charge in [0.15, 0.2) is 0 Å². The van der Waals surface area contributed by atoms with Crippen molar-refractivity contribution in [3.8, 4) is 0 Å². The average Bonchev–Trinajstić information content (AvgIpc) is 2.91. The number of hydrogen-bond donors (Lipinski definition) is 1. The fraction of sp³-hybridized carbons (Fsp3) is 0.471. The van der Waals surface area contributed by atoms with Crippen molar-refractivity contribution in [2.24, 2.45) is 5.92 Å². The molecule has 0 aliphatic rings. The van der Waals surface area contributed by atoms with Gasteiger partial charge in [0.05, 0.1) is 0 Å². The Bertz CT molecular complexity index is 519. The molecule has 1 aromatic heterocycles. The lowest BCUT2D eigenvalue weighted by molar-refractivity contribution is 0.526. The first-order valence-corrected chi connectivity index (χ1v) is 7.68. The summed E-state index contributed by atoms with van der Waals surface area (Å²) in [4.78, 5) is 6.66. The van der Waals surface area contributed by atoms with Gasteiger partial charge in [-0.15, -0.1) is 0 Å². The number of rotatable bonds is 8. The van der Waals surface area contributed by atoms with Gasteiger partial charge in [-0.05, 0) is 24.5 Å². The standard InChI is InChI=1S/C17H26N4/c1-15(2)14-21-13-11-19-17(21)18-10-7-12-20(3)16-8-5-4-6-9-16/h4-6,8-9,11,13,15H,7,10,12,14H2,1-3H3,(H,18,19). The number of nitrogens with zero attached hydrogens (tertiary/aromatic N) is 3. The van der Waals surface area contributed by atoms with Crippen molar-refractivity contribution in [1.82, 2.24) is 9.55 Å². The van der Waals surface area contributed by atoms with Crippen molar-refractivity contribution in [3.05, 3.63) is 42.7 Å². The lowest BCUT2D eigenvalue weighted by Crippen LogP contribution is -2.21. The maximum Gasteiger partial charge on any atom is 0.202 e. The number of nitrogens with one attached hydrogen (secondary N) is 1. The minimum absolute atomic E-state index is 0.629. The van der Waals surface area contributed by atoms with Crippen molar-refractivity contribution < 1.29 is 0 Å². The van der Waals surface area contributed by atoms with Crippen molar-refractivity contribution >= 4 is 11.6 Å². The van der Waals surface area contributed by atoms with Gasteiger partial charge < -0.3 is 14.8 Å². The summed E-state index contributed by atoms with van der Waals surface area (Å²) >= 11 is 0. The van der Waals surface area contributed by atoms with Crippen molar-refractivity contribution in [2.75, 3.05) is 30.4 Å². The molecule has 2 aromatic rings. The molecule has 114 valence electrons. The fourth-order valence-electron chi connectivity index (χ4n) is 2.35. The number of imidazole rings is 1. The van der Waals surface area contributed by atoms with E-state index >= 15 is 0 Å². The zero-order valence-corrected chi connectivity index (χ0v) is 13.3. The molecule has 0 unspecified atom stereocenters. The van der Waals surface area contributed by atoms with E-state index < -0.39 is 0 Å². The Morgan fingerprint density at radius 3 is 2.71 bits per heavy atom. The van der Waals surface area contributed by atoms with Crippen LogP contribution in [0, 0.1) is 5.92 Å². The summed E-state index contributed by atoms with van der Waals surface area (Å²) in [5, 5.41) is 3.43. The lowest BCUT2D eigenvalue weighted by Gasteiger charge is -2.19. The van der Waals surface area contributed by atoms with Crippen LogP contribution in [0.1, 0.15) is 20.3 Å². The molecule has 0 atom stereocenters. The second kappa shape index (κ2) is 7.72. The van der Waals surface area contributed by atoms with Gasteiger partial charge in [-0.2, -0.15) is 0 Å². The Labute approximate surface area is 127 Å². The third-order valence-electron chi connectivity index (χ3n) is 3.43. The third-order valence-corrected chi connectivity index (χ3v) is 3.43. The summed E-state index contributed by atoms with van der Waals surface area (Å²) in [5.74, 6) is 1.61. The quantitative estimate of drug-likeness (QED) is 0.754. The minimum atomic E-state index is 0.629. The molecule has 0 amide bonds. The molecule has 1 N–H and O–H groups in total. The monoisotopic (exact) mass is 286 g/mol. The van der Waals surface area contributed by atoms with E-state index in [1.165, 1.54) is 5.69 Å². The van der Waals surface area contributed by atoms with E-state index in [-0.39, 0.29) is 0 Å². The SMILES string of the molecule is CC(C)Cn1ccnc1NCCCN(C)c1ccccc1. The van der Waals surface area contributed by atoms with E-state index in [9.17, 15) is 0 Å². The molecule has 1 aromatic carbocycles. The summed E-state index contributed by atoms with van der Waals surface area (Å²) in [6, 6.07) is 10.5. The van der Waals surface area contributed by atoms with E-state index in [1.807, 2.05) is 18.5 Å². The van der Waals surface area contributed by atoms with E-state index in [0.717, 1.165) is 32.0 Å². The predicted molar refractivity (Wildman–Crippen MR) is 89.9 cm³/mol. The number of para-hydroxylation sites is 1. The van der Waals surface area contributed by atoms with Crippen LogP contribution in [0.15, 0.2) is 42.7 Å². The summed E-state index contributed by atoms with van der Waals surface area (Å²) in [7, 11) is 2.13. The Hall–Kier alpha value is -1.97. The minimum Gasteiger partial charge on any atom is -0.375 e. The molecule has 0 aliphatic heterocycles. The van der Waals surface area contributed by atoms with Crippen LogP contribution < -0.4 is 10.2 Å². The molecule has 4 heteroatoms. The second-order valence-electron chi connectivity index (χ2n) is 5.83. The summed E-state index contributed by atoms with van der Waals surface area (Å²) in [6.07, 6.45) is 4.99. The highest BCUT2D eigenvalue weighted by Crippen LogP contribution is 2.11. The van der Waals surface area contributed by atoms with Gasteiger partial charge in [0.2, 0.25) is 5.95 Å². The molecule has 0 saturated heterocycles. The van der Waals surface area contributed by atoms with Gasteiger partial charge >= 0.3 is 0 Å². The van der Waals surface area contributed by atoms with Crippen LogP contribution in [0.4, 0.5) is 11.6 Å². The van der Waals surface area contributed by atoms with Gasteiger partial charge in [0.1, 0.15) is 0 Å². The molecule has 0 aliphatic carbocycles. The van der Waals surface area contributed by atoms with Crippen LogP contribution in [0.25, 0.3) is 0 Å². The zero-order valence-electron chi connectivity index (χ0n) is 13.3. The van der Waals surface area contributed by atoms with Crippen LogP contribution in [0.3, 0.4) is 0 Å². The van der Waals surface area contributed by atoms with Crippen LogP contribution in [-0.4, -0.2) is 29.7 Å². The van der Waals surface area contributed by atoms with Crippen molar-refractivity contribution in [1.29, 1.82) is 0 Å². The normalized spacial score (nSPS) is 10.9. The summed E-state index contributed by atoms with van der Waals surface area (Å²) in [6.45, 7) is 7.41. The predicted octanol–water partition coefficient (Wildman–Crippen LogP) is 3.48. The third kappa shape index (κ3) is 4.81. The number of benzene rings is 1. The molecule has 0 fully saturated rings. The van der Waals surface area contributed by atoms with E-state index in [1.54, 1.807) is 0 Å². The Morgan fingerprint density at radius 2 is 2.00 bits per heavy atom. The Kier molecular flexibility index (Phi) is 5.67. The smallest absolute Gasteiger partial charge is 0.202 e. The molecule has 1 heterocycles. The van der Waals surface area contributed by atoms with E-state index in [4.69, 9.17) is 0 Å². The Morgan fingerprint density at radius 1 is 1.24 bits per heavy atom. The lowest BCUT2D eigenvalue weighted by atomic mass is 10.2. The van der Waals surface area contributed by atoms with Gasteiger partial charge in [-0.1, -0.05) is 32.0 Å². The van der Waals surface area contributed by atoms with E-state index in [2.05, 4.69) is 64.9 Å². The molecule has 0 bridgehead atoms. The highest BCUT2D eigenvalue weighted by molar-refractivity contribution is 5.44. The Balaban J connectivity index is 1.74. The van der Waals surface area contributed by atoms with Crippen molar-refractivity contribution in [2.45, 2.75) is 26.8 Å². The maximum atomic E-state index is 4.38. The molecular weight excluding hydrogens is 260 g/mol. The van der Waals surface area contributed by atoms with Crippen LogP contribution >= 0.6 is 0 Å². The molecule has 21 heavy (non-hydrogen) atoms. The topological polar surface area (TPSA) is 33.1 Å². The van der Waals surface area contributed by atoms with Crippen LogP contribution in [0.5, 0.6) is 0 Å². The summed E-state index contributed by atoms with van der Waals surface area (Å²) in [5.41, 5.74) is 1.26. The van der Waals surface area contributed by atoms with Gasteiger partial charge in [-0.25, -0.2) is 4.98 Å². The second-order valence-corrected chi connectivity index (χ2v) is 5.83. The first-order valence-electron chi connectivity index (χ1n) is 7.68.